The number of fused-ring (bicyclic) bond motifs is 1. The molecule has 0 unspecified atom stereocenters. The number of anilines is 1. The van der Waals surface area contributed by atoms with E-state index in [0.717, 1.165) is 17.7 Å². The Hall–Kier alpha value is -4.38. The summed E-state index contributed by atoms with van der Waals surface area (Å²) in [4.78, 5) is 33.9. The van der Waals surface area contributed by atoms with Gasteiger partial charge in [-0.15, -0.1) is 0 Å². The molecule has 4 rings (SSSR count). The van der Waals surface area contributed by atoms with Gasteiger partial charge in [-0.05, 0) is 48.4 Å². The maximum atomic E-state index is 13.6. The van der Waals surface area contributed by atoms with Gasteiger partial charge in [0.05, 0.1) is 24.8 Å². The van der Waals surface area contributed by atoms with Crippen LogP contribution in [-0.2, 0) is 6.18 Å². The molecule has 3 aromatic rings. The predicted molar refractivity (Wildman–Crippen MR) is 154 cm³/mol. The number of hydrogen-bond acceptors (Lipinski definition) is 5. The number of rotatable bonds is 7. The van der Waals surface area contributed by atoms with Crippen LogP contribution in [0.2, 0.25) is 0 Å². The molecule has 0 bridgehead atoms. The number of aromatic nitrogens is 1. The standard InChI is InChI=1S/C31H33F3N4O4/c1-20-17-38(21(2)19-39)29(40)26-15-23(10-9-22-7-5-4-6-8-22)16-35-28(26)42-27(20)18-37(3)30(41)36-25-13-11-24(12-14-25)31(32,33)34/h4-16,20-21,27,39H,17-19H2,1-3H3,(H,36,41)/b10-9+/t20-,21-,27-/m1/s1. The molecule has 0 fully saturated rings. The molecule has 2 N–H and O–H groups in total. The van der Waals surface area contributed by atoms with Crippen molar-refractivity contribution in [1.82, 2.24) is 14.8 Å². The van der Waals surface area contributed by atoms with E-state index in [1.54, 1.807) is 31.1 Å². The first kappa shape index (κ1) is 30.6. The van der Waals surface area contributed by atoms with Crippen molar-refractivity contribution in [2.24, 2.45) is 5.92 Å². The molecule has 3 amide bonds. The van der Waals surface area contributed by atoms with Gasteiger partial charge in [0.1, 0.15) is 11.7 Å². The number of alkyl halides is 3. The summed E-state index contributed by atoms with van der Waals surface area (Å²) in [6, 6.07) is 14.5. The molecule has 2 heterocycles. The Balaban J connectivity index is 1.55. The molecule has 0 saturated heterocycles. The highest BCUT2D eigenvalue weighted by molar-refractivity contribution is 5.97. The number of pyridine rings is 1. The molecule has 0 spiro atoms. The SMILES string of the molecule is C[C@@H]1CN([C@H](C)CO)C(=O)c2cc(/C=C/c3ccccc3)cnc2O[C@@H]1CN(C)C(=O)Nc1ccc(C(F)(F)F)cc1. The lowest BCUT2D eigenvalue weighted by Gasteiger charge is -2.37. The Morgan fingerprint density at radius 3 is 2.48 bits per heavy atom. The number of nitrogens with one attached hydrogen (secondary N) is 1. The number of ether oxygens (including phenoxy) is 1. The van der Waals surface area contributed by atoms with Gasteiger partial charge in [-0.1, -0.05) is 49.4 Å². The number of amides is 3. The van der Waals surface area contributed by atoms with Crippen molar-refractivity contribution in [2.75, 3.05) is 32.1 Å². The molecule has 1 aliphatic rings. The van der Waals surface area contributed by atoms with Crippen LogP contribution in [0, 0.1) is 5.92 Å². The number of aliphatic hydroxyl groups is 1. The summed E-state index contributed by atoms with van der Waals surface area (Å²) in [7, 11) is 1.54. The summed E-state index contributed by atoms with van der Waals surface area (Å²) < 4.78 is 44.9. The highest BCUT2D eigenvalue weighted by Crippen LogP contribution is 2.30. The Labute approximate surface area is 242 Å². The second-order valence-electron chi connectivity index (χ2n) is 10.4. The fourth-order valence-electron chi connectivity index (χ4n) is 4.50. The van der Waals surface area contributed by atoms with Gasteiger partial charge in [-0.3, -0.25) is 4.79 Å². The van der Waals surface area contributed by atoms with Crippen LogP contribution in [0.25, 0.3) is 12.2 Å². The fourth-order valence-corrected chi connectivity index (χ4v) is 4.50. The number of carbonyl (C=O) groups is 2. The number of urea groups is 1. The minimum atomic E-state index is -4.48. The average Bonchev–Trinajstić information content (AvgIpc) is 2.97. The van der Waals surface area contributed by atoms with Gasteiger partial charge in [-0.2, -0.15) is 13.2 Å². The Kier molecular flexibility index (Phi) is 9.52. The molecule has 2 aromatic carbocycles. The number of carbonyl (C=O) groups excluding carboxylic acids is 2. The molecule has 11 heteroatoms. The van der Waals surface area contributed by atoms with Crippen molar-refractivity contribution >= 4 is 29.8 Å². The van der Waals surface area contributed by atoms with E-state index in [0.29, 0.717) is 5.56 Å². The molecular formula is C31H33F3N4O4. The van der Waals surface area contributed by atoms with E-state index in [1.165, 1.54) is 17.0 Å². The normalized spacial score (nSPS) is 18.1. The van der Waals surface area contributed by atoms with Crippen molar-refractivity contribution in [1.29, 1.82) is 0 Å². The van der Waals surface area contributed by atoms with Crippen LogP contribution in [-0.4, -0.2) is 70.7 Å². The first-order valence-electron chi connectivity index (χ1n) is 13.5. The monoisotopic (exact) mass is 582 g/mol. The minimum Gasteiger partial charge on any atom is -0.472 e. The van der Waals surface area contributed by atoms with Crippen LogP contribution in [0.1, 0.15) is 40.9 Å². The summed E-state index contributed by atoms with van der Waals surface area (Å²) >= 11 is 0. The van der Waals surface area contributed by atoms with Crippen LogP contribution < -0.4 is 10.1 Å². The van der Waals surface area contributed by atoms with E-state index in [9.17, 15) is 27.9 Å². The zero-order valence-electron chi connectivity index (χ0n) is 23.5. The molecule has 222 valence electrons. The van der Waals surface area contributed by atoms with E-state index in [1.807, 2.05) is 49.4 Å². The number of nitrogens with zero attached hydrogens (tertiary/aromatic N) is 3. The zero-order chi connectivity index (χ0) is 30.4. The Bertz CT molecular complexity index is 1410. The number of halogens is 3. The molecule has 3 atom stereocenters. The van der Waals surface area contributed by atoms with Gasteiger partial charge in [0, 0.05) is 31.4 Å². The van der Waals surface area contributed by atoms with Crippen LogP contribution in [0.3, 0.4) is 0 Å². The highest BCUT2D eigenvalue weighted by Gasteiger charge is 2.35. The Morgan fingerprint density at radius 2 is 1.83 bits per heavy atom. The second-order valence-corrected chi connectivity index (χ2v) is 10.4. The zero-order valence-corrected chi connectivity index (χ0v) is 23.5. The Morgan fingerprint density at radius 1 is 1.17 bits per heavy atom. The lowest BCUT2D eigenvalue weighted by molar-refractivity contribution is -0.137. The van der Waals surface area contributed by atoms with Crippen LogP contribution >= 0.6 is 0 Å². The van der Waals surface area contributed by atoms with Gasteiger partial charge < -0.3 is 25.0 Å². The maximum absolute atomic E-state index is 13.6. The van der Waals surface area contributed by atoms with Gasteiger partial charge in [-0.25, -0.2) is 9.78 Å². The lowest BCUT2D eigenvalue weighted by atomic mass is 10.00. The largest absolute Gasteiger partial charge is 0.472 e. The highest BCUT2D eigenvalue weighted by atomic mass is 19.4. The van der Waals surface area contributed by atoms with Crippen LogP contribution in [0.4, 0.5) is 23.7 Å². The third-order valence-corrected chi connectivity index (χ3v) is 7.07. The lowest BCUT2D eigenvalue weighted by Crippen LogP contribution is -2.50. The molecule has 0 saturated carbocycles. The summed E-state index contributed by atoms with van der Waals surface area (Å²) in [6.45, 7) is 3.73. The molecule has 0 radical (unpaired) electrons. The molecule has 0 aliphatic carbocycles. The van der Waals surface area contributed by atoms with E-state index >= 15 is 0 Å². The topological polar surface area (TPSA) is 95.0 Å². The van der Waals surface area contributed by atoms with E-state index in [4.69, 9.17) is 4.74 Å². The van der Waals surface area contributed by atoms with E-state index in [-0.39, 0.29) is 48.7 Å². The van der Waals surface area contributed by atoms with Crippen molar-refractivity contribution in [3.8, 4) is 5.88 Å². The second kappa shape index (κ2) is 13.1. The van der Waals surface area contributed by atoms with Crippen molar-refractivity contribution in [3.63, 3.8) is 0 Å². The molecule has 42 heavy (non-hydrogen) atoms. The summed E-state index contributed by atoms with van der Waals surface area (Å²) in [6.07, 6.45) is 0.272. The first-order valence-corrected chi connectivity index (χ1v) is 13.5. The van der Waals surface area contributed by atoms with Gasteiger partial charge in [0.15, 0.2) is 0 Å². The van der Waals surface area contributed by atoms with Crippen LogP contribution in [0.15, 0.2) is 66.9 Å². The maximum Gasteiger partial charge on any atom is 0.416 e. The quantitative estimate of drug-likeness (QED) is 0.375. The van der Waals surface area contributed by atoms with E-state index in [2.05, 4.69) is 10.3 Å². The summed E-state index contributed by atoms with van der Waals surface area (Å²) in [5, 5.41) is 12.5. The smallest absolute Gasteiger partial charge is 0.416 e. The average molecular weight is 583 g/mol. The molecule has 1 aromatic heterocycles. The first-order chi connectivity index (χ1) is 20.0. The van der Waals surface area contributed by atoms with Crippen molar-refractivity contribution in [2.45, 2.75) is 32.2 Å². The molecular weight excluding hydrogens is 549 g/mol. The van der Waals surface area contributed by atoms with Gasteiger partial charge >= 0.3 is 12.2 Å². The van der Waals surface area contributed by atoms with Gasteiger partial charge in [0.2, 0.25) is 5.88 Å². The summed E-state index contributed by atoms with van der Waals surface area (Å²) in [5.74, 6) is -0.482. The fraction of sp³-hybridized carbons (Fsp3) is 0.323. The van der Waals surface area contributed by atoms with Crippen molar-refractivity contribution < 1.29 is 32.6 Å². The predicted octanol–water partition coefficient (Wildman–Crippen LogP) is 5.65. The molecule has 8 nitrogen and oxygen atoms in total. The number of hydrogen-bond donors (Lipinski definition) is 2. The number of benzene rings is 2. The summed E-state index contributed by atoms with van der Waals surface area (Å²) in [5.41, 5.74) is 1.30. The van der Waals surface area contributed by atoms with Crippen molar-refractivity contribution in [3.05, 3.63) is 89.1 Å². The van der Waals surface area contributed by atoms with Gasteiger partial charge in [0.25, 0.3) is 5.91 Å². The third kappa shape index (κ3) is 7.47. The van der Waals surface area contributed by atoms with Crippen LogP contribution in [0.5, 0.6) is 5.88 Å². The number of likely N-dealkylation sites (N-methyl/N-ethyl adjacent to an activating group) is 1. The minimum absolute atomic E-state index is 0.0972. The van der Waals surface area contributed by atoms with E-state index < -0.39 is 29.9 Å². The number of aliphatic hydroxyl groups excluding tert-OH is 1. The molecule has 1 aliphatic heterocycles. The third-order valence-electron chi connectivity index (χ3n) is 7.07.